The number of likely N-dealkylation sites (tertiary alicyclic amines) is 2. The molecule has 5 atom stereocenters. The van der Waals surface area contributed by atoms with Crippen molar-refractivity contribution >= 4 is 51.3 Å². The molecule has 0 aliphatic carbocycles. The molecule has 0 saturated carbocycles. The Balaban J connectivity index is 1.07. The lowest BCUT2D eigenvalue weighted by atomic mass is 10.0. The smallest absolute Gasteiger partial charge is 0.407 e. The third-order valence-electron chi connectivity index (χ3n) is 12.1. The number of carbonyl (C=O) groups is 4. The molecule has 6 aromatic rings. The van der Waals surface area contributed by atoms with E-state index in [0.717, 1.165) is 6.42 Å². The van der Waals surface area contributed by atoms with Crippen LogP contribution in [0.5, 0.6) is 0 Å². The van der Waals surface area contributed by atoms with E-state index in [1.165, 1.54) is 19.1 Å². The van der Waals surface area contributed by atoms with Gasteiger partial charge in [0.1, 0.15) is 35.7 Å². The van der Waals surface area contributed by atoms with Gasteiger partial charge in [0.15, 0.2) is 5.82 Å². The van der Waals surface area contributed by atoms with Crippen LogP contribution < -0.4 is 10.6 Å². The number of alkyl carbamates (subject to hydrolysis) is 2. The predicted molar refractivity (Wildman–Crippen MR) is 226 cm³/mol. The van der Waals surface area contributed by atoms with E-state index in [1.54, 1.807) is 41.6 Å². The van der Waals surface area contributed by atoms with Gasteiger partial charge in [-0.3, -0.25) is 14.0 Å². The third kappa shape index (κ3) is 7.55. The second kappa shape index (κ2) is 16.7. The molecule has 2 aliphatic heterocycles. The first-order chi connectivity index (χ1) is 29.7. The molecule has 6 heterocycles. The molecular formula is C44H50F2N10O6. The molecule has 0 radical (unpaired) electrons. The molecule has 2 aliphatic rings. The first-order valence-electron chi connectivity index (χ1n) is 20.8. The Labute approximate surface area is 355 Å². The van der Waals surface area contributed by atoms with Gasteiger partial charge in [-0.2, -0.15) is 0 Å². The van der Waals surface area contributed by atoms with Gasteiger partial charge in [-0.05, 0) is 55.9 Å². The van der Waals surface area contributed by atoms with Gasteiger partial charge < -0.3 is 39.9 Å². The highest BCUT2D eigenvalue weighted by Gasteiger charge is 2.42. The number of alkyl halides is 1. The van der Waals surface area contributed by atoms with E-state index in [4.69, 9.17) is 14.5 Å². The number of carbonyl (C=O) groups excluding carboxylic acids is 4. The highest BCUT2D eigenvalue weighted by atomic mass is 19.1. The summed E-state index contributed by atoms with van der Waals surface area (Å²) in [6.07, 6.45) is 2.11. The fourth-order valence-corrected chi connectivity index (χ4v) is 8.88. The molecule has 4 N–H and O–H groups in total. The zero-order valence-corrected chi connectivity index (χ0v) is 35.6. The normalized spacial score (nSPS) is 18.9. The third-order valence-corrected chi connectivity index (χ3v) is 12.1. The van der Waals surface area contributed by atoms with Crippen molar-refractivity contribution in [3.8, 4) is 22.5 Å². The predicted octanol–water partition coefficient (Wildman–Crippen LogP) is 6.90. The van der Waals surface area contributed by atoms with Gasteiger partial charge in [-0.1, -0.05) is 39.8 Å². The lowest BCUT2D eigenvalue weighted by Gasteiger charge is -2.30. The first kappa shape index (κ1) is 42.1. The molecule has 0 spiro atoms. The first-order valence-corrected chi connectivity index (χ1v) is 20.8. The SMILES string of the molecule is COC(=O)N[C@H](C(=O)N1CCC[C@H]1c1ncc(-c2ccc3c(c2)c(F)c2c4ccc(-c5cnc([C@@H]6C[C@@H](F)CN6C(=O)[C@@H](NC(=O)OC)C(C)C)[nH]5)cc4nc(C)n32)[nH]1)C(C)C. The molecular weight excluding hydrogens is 803 g/mol. The fraction of sp³-hybridized carbons (Fsp3) is 0.432. The van der Waals surface area contributed by atoms with E-state index in [2.05, 4.69) is 30.6 Å². The minimum atomic E-state index is -1.28. The monoisotopic (exact) mass is 852 g/mol. The van der Waals surface area contributed by atoms with Crippen LogP contribution in [0.1, 0.15) is 76.5 Å². The van der Waals surface area contributed by atoms with Gasteiger partial charge in [0, 0.05) is 34.9 Å². The molecule has 2 aromatic carbocycles. The van der Waals surface area contributed by atoms with E-state index in [9.17, 15) is 23.6 Å². The number of imidazole rings is 2. The number of rotatable bonds is 10. The Morgan fingerprint density at radius 3 is 2.00 bits per heavy atom. The van der Waals surface area contributed by atoms with Gasteiger partial charge in [-0.25, -0.2) is 33.3 Å². The van der Waals surface area contributed by atoms with E-state index in [0.29, 0.717) is 80.3 Å². The highest BCUT2D eigenvalue weighted by molar-refractivity contribution is 6.03. The summed E-state index contributed by atoms with van der Waals surface area (Å²) in [6, 6.07) is 8.33. The lowest BCUT2D eigenvalue weighted by molar-refractivity contribution is -0.136. The van der Waals surface area contributed by atoms with E-state index in [1.807, 2.05) is 51.1 Å². The average Bonchev–Trinajstić information content (AvgIpc) is 4.11. The maximum absolute atomic E-state index is 16.7. The van der Waals surface area contributed by atoms with Crippen molar-refractivity contribution in [1.82, 2.24) is 49.8 Å². The topological polar surface area (TPSA) is 192 Å². The molecule has 16 nitrogen and oxygen atoms in total. The Morgan fingerprint density at radius 1 is 0.806 bits per heavy atom. The molecule has 0 bridgehead atoms. The van der Waals surface area contributed by atoms with Crippen LogP contribution in [0.15, 0.2) is 48.8 Å². The zero-order valence-electron chi connectivity index (χ0n) is 35.6. The van der Waals surface area contributed by atoms with Gasteiger partial charge >= 0.3 is 12.2 Å². The Morgan fingerprint density at radius 2 is 1.39 bits per heavy atom. The molecule has 326 valence electrons. The zero-order chi connectivity index (χ0) is 44.1. The number of aromatic nitrogens is 6. The van der Waals surface area contributed by atoms with Crippen molar-refractivity contribution in [2.75, 3.05) is 27.3 Å². The molecule has 8 rings (SSSR count). The molecule has 18 heteroatoms. The summed E-state index contributed by atoms with van der Waals surface area (Å²) < 4.78 is 42.9. The minimum Gasteiger partial charge on any atom is -0.453 e. The molecule has 4 amide bonds. The number of hydrogen-bond acceptors (Lipinski definition) is 9. The van der Waals surface area contributed by atoms with Crippen LogP contribution in [0.25, 0.3) is 49.8 Å². The Bertz CT molecular complexity index is 2710. The number of methoxy groups -OCH3 is 2. The van der Waals surface area contributed by atoms with Gasteiger partial charge in [0.25, 0.3) is 0 Å². The Kier molecular flexibility index (Phi) is 11.3. The number of aryl methyl sites for hydroxylation is 1. The van der Waals surface area contributed by atoms with Crippen LogP contribution in [0.3, 0.4) is 0 Å². The van der Waals surface area contributed by atoms with Crippen molar-refractivity contribution in [2.24, 2.45) is 11.8 Å². The van der Waals surface area contributed by atoms with Gasteiger partial charge in [0.2, 0.25) is 11.8 Å². The number of aromatic amines is 2. The molecule has 2 fully saturated rings. The van der Waals surface area contributed by atoms with Crippen LogP contribution in [0, 0.1) is 24.6 Å². The summed E-state index contributed by atoms with van der Waals surface area (Å²) in [6.45, 7) is 9.51. The molecule has 0 unspecified atom stereocenters. The quantitative estimate of drug-likeness (QED) is 0.113. The number of nitrogens with one attached hydrogen (secondary N) is 4. The van der Waals surface area contributed by atoms with Crippen molar-refractivity contribution in [1.29, 1.82) is 0 Å². The average molecular weight is 853 g/mol. The van der Waals surface area contributed by atoms with Crippen LogP contribution >= 0.6 is 0 Å². The number of hydrogen-bond donors (Lipinski definition) is 4. The number of H-pyrrole nitrogens is 2. The van der Waals surface area contributed by atoms with E-state index < -0.39 is 48.2 Å². The summed E-state index contributed by atoms with van der Waals surface area (Å²) in [5, 5.41) is 6.23. The van der Waals surface area contributed by atoms with Crippen molar-refractivity contribution in [2.45, 2.75) is 84.2 Å². The number of ether oxygens (including phenoxy) is 2. The standard InChI is InChI=1S/C44H50F2N10O6/c1-21(2)36(52-43(59)61-6)41(57)54-14-8-9-33(54)39-47-18-30(50-39)24-11-13-32-28(15-24)35(46)38-27-12-10-25(16-29(27)49-23(5)56(32)38)31-19-48-40(51-31)34-17-26(45)20-55(34)42(58)37(22(3)4)53-44(60)62-7/h10-13,15-16,18-19,21-22,26,33-34,36-37H,8-9,14,17,20H2,1-7H3,(H,47,50)(H,48,51)(H,52,59)(H,53,60)/t26-,33+,34+,36+,37+/m1/s1. The number of amides is 4. The summed E-state index contributed by atoms with van der Waals surface area (Å²) in [5.41, 5.74) is 4.26. The highest BCUT2D eigenvalue weighted by Crippen LogP contribution is 2.38. The second-order valence-corrected chi connectivity index (χ2v) is 16.7. The van der Waals surface area contributed by atoms with Crippen molar-refractivity contribution in [3.05, 3.63) is 72.1 Å². The lowest BCUT2D eigenvalue weighted by Crippen LogP contribution is -2.51. The maximum atomic E-state index is 16.7. The molecule has 4 aromatic heterocycles. The van der Waals surface area contributed by atoms with E-state index >= 15 is 4.39 Å². The van der Waals surface area contributed by atoms with Crippen LogP contribution in [-0.2, 0) is 19.1 Å². The molecule has 62 heavy (non-hydrogen) atoms. The van der Waals surface area contributed by atoms with Crippen LogP contribution in [-0.4, -0.2) is 109 Å². The number of benzene rings is 2. The van der Waals surface area contributed by atoms with Crippen LogP contribution in [0.4, 0.5) is 18.4 Å². The van der Waals surface area contributed by atoms with Gasteiger partial charge in [0.05, 0.1) is 73.2 Å². The van der Waals surface area contributed by atoms with E-state index in [-0.39, 0.29) is 36.8 Å². The summed E-state index contributed by atoms with van der Waals surface area (Å²) in [7, 11) is 2.48. The summed E-state index contributed by atoms with van der Waals surface area (Å²) in [5.74, 6) is 0.0889. The fourth-order valence-electron chi connectivity index (χ4n) is 8.88. The largest absolute Gasteiger partial charge is 0.453 e. The maximum Gasteiger partial charge on any atom is 0.407 e. The van der Waals surface area contributed by atoms with Crippen LogP contribution in [0.2, 0.25) is 0 Å². The number of fused-ring (bicyclic) bond motifs is 5. The summed E-state index contributed by atoms with van der Waals surface area (Å²) in [4.78, 5) is 75.2. The number of halogens is 2. The second-order valence-electron chi connectivity index (χ2n) is 16.7. The molecule has 2 saturated heterocycles. The Hall–Kier alpha value is -6.59. The van der Waals surface area contributed by atoms with Gasteiger partial charge in [-0.15, -0.1) is 0 Å². The number of nitrogens with zero attached hydrogens (tertiary/aromatic N) is 6. The van der Waals surface area contributed by atoms with Crippen molar-refractivity contribution < 1.29 is 37.4 Å². The minimum absolute atomic E-state index is 0.0408. The summed E-state index contributed by atoms with van der Waals surface area (Å²) >= 11 is 0. The van der Waals surface area contributed by atoms with Crippen molar-refractivity contribution in [3.63, 3.8) is 0 Å².